The number of hydrogen-bond donors (Lipinski definition) is 2. The summed E-state index contributed by atoms with van der Waals surface area (Å²) in [5.41, 5.74) is 7.51. The standard InChI is InChI=1S/C22H25N3O5/c1-29-20(26)14-30-18-8-3-6-16(12-18)22(28)24-17-7-2-5-15(11-17)13-25-10-4-9-19(25)21(23)27/h2-3,5-8,11-12,19H,4,9-10,13-14H2,1H3,(H2,23,27)(H,24,28). The van der Waals surface area contributed by atoms with Crippen LogP contribution in [0.5, 0.6) is 5.75 Å². The molecule has 1 unspecified atom stereocenters. The summed E-state index contributed by atoms with van der Waals surface area (Å²) in [6, 6.07) is 13.8. The van der Waals surface area contributed by atoms with Gasteiger partial charge in [-0.3, -0.25) is 14.5 Å². The first-order chi connectivity index (χ1) is 14.5. The molecule has 0 saturated carbocycles. The molecule has 2 aromatic carbocycles. The number of ether oxygens (including phenoxy) is 2. The molecule has 2 amide bonds. The smallest absolute Gasteiger partial charge is 0.343 e. The molecule has 3 N–H and O–H groups in total. The lowest BCUT2D eigenvalue weighted by molar-refractivity contribution is -0.142. The van der Waals surface area contributed by atoms with Gasteiger partial charge in [0.25, 0.3) is 5.91 Å². The summed E-state index contributed by atoms with van der Waals surface area (Å²) in [5, 5.41) is 2.86. The van der Waals surface area contributed by atoms with E-state index in [4.69, 9.17) is 10.5 Å². The highest BCUT2D eigenvalue weighted by atomic mass is 16.6. The maximum absolute atomic E-state index is 12.6. The van der Waals surface area contributed by atoms with Crippen molar-refractivity contribution in [3.8, 4) is 5.75 Å². The third kappa shape index (κ3) is 5.57. The summed E-state index contributed by atoms with van der Waals surface area (Å²) >= 11 is 0. The highest BCUT2D eigenvalue weighted by Crippen LogP contribution is 2.22. The zero-order valence-corrected chi connectivity index (χ0v) is 16.8. The summed E-state index contributed by atoms with van der Waals surface area (Å²) < 4.78 is 9.86. The Kier molecular flexibility index (Phi) is 7.03. The van der Waals surface area contributed by atoms with Crippen LogP contribution in [0.4, 0.5) is 5.69 Å². The van der Waals surface area contributed by atoms with Crippen molar-refractivity contribution >= 4 is 23.5 Å². The van der Waals surface area contributed by atoms with Crippen LogP contribution in [-0.2, 0) is 20.9 Å². The lowest BCUT2D eigenvalue weighted by atomic mass is 10.1. The number of likely N-dealkylation sites (tertiary alicyclic amines) is 1. The number of esters is 1. The van der Waals surface area contributed by atoms with E-state index in [2.05, 4.69) is 15.0 Å². The zero-order valence-electron chi connectivity index (χ0n) is 16.8. The summed E-state index contributed by atoms with van der Waals surface area (Å²) in [6.07, 6.45) is 1.72. The van der Waals surface area contributed by atoms with Crippen molar-refractivity contribution in [1.82, 2.24) is 4.90 Å². The topological polar surface area (TPSA) is 111 Å². The first-order valence-corrected chi connectivity index (χ1v) is 9.69. The average molecular weight is 411 g/mol. The van der Waals surface area contributed by atoms with Crippen molar-refractivity contribution in [1.29, 1.82) is 0 Å². The molecule has 0 spiro atoms. The van der Waals surface area contributed by atoms with E-state index in [1.54, 1.807) is 30.3 Å². The predicted molar refractivity (Wildman–Crippen MR) is 111 cm³/mol. The number of rotatable bonds is 8. The number of nitrogens with one attached hydrogen (secondary N) is 1. The molecule has 0 aliphatic carbocycles. The van der Waals surface area contributed by atoms with E-state index >= 15 is 0 Å². The van der Waals surface area contributed by atoms with E-state index < -0.39 is 5.97 Å². The Morgan fingerprint density at radius 1 is 1.17 bits per heavy atom. The van der Waals surface area contributed by atoms with Crippen molar-refractivity contribution in [2.24, 2.45) is 5.73 Å². The van der Waals surface area contributed by atoms with Gasteiger partial charge in [0.1, 0.15) is 5.75 Å². The van der Waals surface area contributed by atoms with Gasteiger partial charge in [0.2, 0.25) is 5.91 Å². The Morgan fingerprint density at radius 2 is 1.97 bits per heavy atom. The SMILES string of the molecule is COC(=O)COc1cccc(C(=O)Nc2cccc(CN3CCCC3C(N)=O)c2)c1. The Morgan fingerprint density at radius 3 is 2.73 bits per heavy atom. The van der Waals surface area contributed by atoms with Gasteiger partial charge in [-0.25, -0.2) is 4.79 Å². The van der Waals surface area contributed by atoms with Gasteiger partial charge >= 0.3 is 5.97 Å². The molecule has 1 atom stereocenters. The number of hydrogen-bond acceptors (Lipinski definition) is 6. The number of carbonyl (C=O) groups is 3. The number of carbonyl (C=O) groups excluding carboxylic acids is 3. The van der Waals surface area contributed by atoms with Gasteiger partial charge in [-0.15, -0.1) is 0 Å². The van der Waals surface area contributed by atoms with Gasteiger partial charge in [0, 0.05) is 17.8 Å². The summed E-state index contributed by atoms with van der Waals surface area (Å²) in [7, 11) is 1.28. The van der Waals surface area contributed by atoms with Gasteiger partial charge in [-0.05, 0) is 55.3 Å². The van der Waals surface area contributed by atoms with Crippen LogP contribution in [0.1, 0.15) is 28.8 Å². The fourth-order valence-corrected chi connectivity index (χ4v) is 3.45. The van der Waals surface area contributed by atoms with Gasteiger partial charge in [0.15, 0.2) is 6.61 Å². The lowest BCUT2D eigenvalue weighted by Gasteiger charge is -2.22. The van der Waals surface area contributed by atoms with Gasteiger partial charge < -0.3 is 20.5 Å². The molecule has 1 aliphatic rings. The highest BCUT2D eigenvalue weighted by Gasteiger charge is 2.28. The molecule has 0 aromatic heterocycles. The molecule has 1 heterocycles. The Hall–Kier alpha value is -3.39. The largest absolute Gasteiger partial charge is 0.482 e. The number of anilines is 1. The van der Waals surface area contributed by atoms with Crippen LogP contribution in [0.25, 0.3) is 0 Å². The van der Waals surface area contributed by atoms with Gasteiger partial charge in [-0.2, -0.15) is 0 Å². The van der Waals surface area contributed by atoms with E-state index in [1.165, 1.54) is 7.11 Å². The number of primary amides is 1. The molecule has 1 aliphatic heterocycles. The molecule has 2 aromatic rings. The minimum absolute atomic E-state index is 0.230. The number of methoxy groups -OCH3 is 1. The molecule has 1 saturated heterocycles. The summed E-state index contributed by atoms with van der Waals surface area (Å²) in [5.74, 6) is -0.704. The molecular formula is C22H25N3O5. The third-order valence-corrected chi connectivity index (χ3v) is 4.94. The third-order valence-electron chi connectivity index (χ3n) is 4.94. The Balaban J connectivity index is 1.64. The van der Waals surface area contributed by atoms with Crippen molar-refractivity contribution < 1.29 is 23.9 Å². The second-order valence-electron chi connectivity index (χ2n) is 7.08. The van der Waals surface area contributed by atoms with Crippen LogP contribution in [0.3, 0.4) is 0 Å². The van der Waals surface area contributed by atoms with Crippen LogP contribution in [0, 0.1) is 0 Å². The minimum Gasteiger partial charge on any atom is -0.482 e. The lowest BCUT2D eigenvalue weighted by Crippen LogP contribution is -2.39. The molecule has 8 nitrogen and oxygen atoms in total. The molecular weight excluding hydrogens is 386 g/mol. The van der Waals surface area contributed by atoms with Crippen molar-refractivity contribution in [2.75, 3.05) is 25.6 Å². The van der Waals surface area contributed by atoms with Crippen molar-refractivity contribution in [3.05, 3.63) is 59.7 Å². The van der Waals surface area contributed by atoms with Crippen LogP contribution >= 0.6 is 0 Å². The number of nitrogens with two attached hydrogens (primary N) is 1. The van der Waals surface area contributed by atoms with E-state index in [0.717, 1.165) is 24.9 Å². The summed E-state index contributed by atoms with van der Waals surface area (Å²) in [6.45, 7) is 1.18. The zero-order chi connectivity index (χ0) is 21.5. The first-order valence-electron chi connectivity index (χ1n) is 9.69. The van der Waals surface area contributed by atoms with Crippen molar-refractivity contribution in [3.63, 3.8) is 0 Å². The number of nitrogens with zero attached hydrogens (tertiary/aromatic N) is 1. The van der Waals surface area contributed by atoms with Gasteiger partial charge in [-0.1, -0.05) is 18.2 Å². The second kappa shape index (κ2) is 9.89. The molecule has 3 rings (SSSR count). The Labute approximate surface area is 174 Å². The fourth-order valence-electron chi connectivity index (χ4n) is 3.45. The quantitative estimate of drug-likeness (QED) is 0.642. The van der Waals surface area contributed by atoms with Crippen LogP contribution in [0.2, 0.25) is 0 Å². The van der Waals surface area contributed by atoms with Crippen molar-refractivity contribution in [2.45, 2.75) is 25.4 Å². The molecule has 0 radical (unpaired) electrons. The average Bonchev–Trinajstić information content (AvgIpc) is 3.21. The van der Waals surface area contributed by atoms with Crippen LogP contribution in [-0.4, -0.2) is 49.0 Å². The molecule has 1 fully saturated rings. The Bertz CT molecular complexity index is 930. The van der Waals surface area contributed by atoms with Gasteiger partial charge in [0.05, 0.1) is 13.2 Å². The normalized spacial score (nSPS) is 16.1. The van der Waals surface area contributed by atoms with Crippen LogP contribution in [0.15, 0.2) is 48.5 Å². The first kappa shape index (κ1) is 21.3. The van der Waals surface area contributed by atoms with E-state index in [-0.39, 0.29) is 24.5 Å². The fraction of sp³-hybridized carbons (Fsp3) is 0.318. The monoisotopic (exact) mass is 411 g/mol. The predicted octanol–water partition coefficient (Wildman–Crippen LogP) is 1.94. The minimum atomic E-state index is -0.502. The molecule has 30 heavy (non-hydrogen) atoms. The highest BCUT2D eigenvalue weighted by molar-refractivity contribution is 6.04. The van der Waals surface area contributed by atoms with E-state index in [1.807, 2.05) is 18.2 Å². The number of amides is 2. The molecule has 0 bridgehead atoms. The number of benzene rings is 2. The molecule has 8 heteroatoms. The maximum atomic E-state index is 12.6. The van der Waals surface area contributed by atoms with E-state index in [0.29, 0.717) is 23.5 Å². The van der Waals surface area contributed by atoms with E-state index in [9.17, 15) is 14.4 Å². The second-order valence-corrected chi connectivity index (χ2v) is 7.08. The maximum Gasteiger partial charge on any atom is 0.343 e. The summed E-state index contributed by atoms with van der Waals surface area (Å²) in [4.78, 5) is 37.5. The molecule has 158 valence electrons. The van der Waals surface area contributed by atoms with Crippen LogP contribution < -0.4 is 15.8 Å².